The first-order chi connectivity index (χ1) is 20.0. The summed E-state index contributed by atoms with van der Waals surface area (Å²) in [6.45, 7) is 0. The lowest BCUT2D eigenvalue weighted by Crippen LogP contribution is -1.66. The quantitative estimate of drug-likeness (QED) is 0.100. The molecular weight excluding hydrogens is 950 g/mol. The SMILES string of the molecule is O=P(O)(O)O.O=P(O)(O)O.O=P(O)(O)O.O=P(O)(O)O.O=P(O)(O)O.O=P(O)(O)O.O=P(O)(O)O.O=P(O)(O)O.O=P(O)(O)O.O=P(O)(O)O. The summed E-state index contributed by atoms with van der Waals surface area (Å²) in [7, 11) is -46.4. The minimum Gasteiger partial charge on any atom is -0.303 e. The molecular formula is H30O40P10. The van der Waals surface area contributed by atoms with E-state index in [0.717, 1.165) is 0 Å². The molecule has 40 nitrogen and oxygen atoms in total. The Labute approximate surface area is 271 Å². The second-order valence-corrected chi connectivity index (χ2v) is 15.4. The number of rotatable bonds is 0. The van der Waals surface area contributed by atoms with Crippen molar-refractivity contribution in [1.82, 2.24) is 0 Å². The fourth-order valence-corrected chi connectivity index (χ4v) is 0. The summed E-state index contributed by atoms with van der Waals surface area (Å²) >= 11 is 0. The number of hydrogen-bond acceptors (Lipinski definition) is 10. The third kappa shape index (κ3) is 93900. The van der Waals surface area contributed by atoms with E-state index >= 15 is 0 Å². The molecule has 0 aromatic heterocycles. The van der Waals surface area contributed by atoms with Crippen molar-refractivity contribution in [2.45, 2.75) is 0 Å². The van der Waals surface area contributed by atoms with Crippen LogP contribution >= 0.6 is 78.2 Å². The van der Waals surface area contributed by atoms with Crippen LogP contribution in [-0.4, -0.2) is 147 Å². The molecule has 320 valence electrons. The highest BCUT2D eigenvalue weighted by Gasteiger charge is 2.03. The summed E-state index contributed by atoms with van der Waals surface area (Å²) in [4.78, 5) is 216. The molecule has 0 aromatic rings. The molecule has 0 saturated heterocycles. The summed E-state index contributed by atoms with van der Waals surface area (Å²) in [5.41, 5.74) is 0. The number of phosphoric acid groups is 10. The Balaban J connectivity index is -0.0000000444. The van der Waals surface area contributed by atoms with E-state index in [2.05, 4.69) is 0 Å². The van der Waals surface area contributed by atoms with E-state index in [1.54, 1.807) is 0 Å². The molecule has 0 aliphatic heterocycles. The zero-order valence-electron chi connectivity index (χ0n) is 22.0. The molecule has 30 N–H and O–H groups in total. The summed E-state index contributed by atoms with van der Waals surface area (Å²) in [5, 5.41) is 0. The van der Waals surface area contributed by atoms with Crippen LogP contribution in [0.5, 0.6) is 0 Å². The molecule has 0 unspecified atom stereocenters. The standard InChI is InChI=1S/10H3O4P/c10*1-5(2,3)4/h10*(H3,1,2,3,4). The van der Waals surface area contributed by atoms with Crippen molar-refractivity contribution in [3.63, 3.8) is 0 Å². The maximum absolute atomic E-state index is 8.88. The highest BCUT2D eigenvalue weighted by atomic mass is 31.2. The van der Waals surface area contributed by atoms with Crippen LogP contribution in [0, 0.1) is 0 Å². The van der Waals surface area contributed by atoms with Crippen LogP contribution < -0.4 is 0 Å². The Bertz CT molecular complexity index is 830. The van der Waals surface area contributed by atoms with Crippen LogP contribution in [0.15, 0.2) is 0 Å². The highest BCUT2D eigenvalue weighted by Crippen LogP contribution is 2.29. The molecule has 0 bridgehead atoms. The second kappa shape index (κ2) is 32.4. The zero-order valence-corrected chi connectivity index (χ0v) is 30.9. The first-order valence-electron chi connectivity index (χ1n) is 7.83. The second-order valence-electron chi connectivity index (χ2n) is 5.13. The van der Waals surface area contributed by atoms with E-state index in [1.807, 2.05) is 0 Å². The predicted molar refractivity (Wildman–Crippen MR) is 143 cm³/mol. The van der Waals surface area contributed by atoms with Crippen LogP contribution in [0.2, 0.25) is 0 Å². The Morgan fingerprint density at radius 2 is 0.120 bits per heavy atom. The van der Waals surface area contributed by atoms with Gasteiger partial charge < -0.3 is 147 Å². The minimum atomic E-state index is -4.64. The van der Waals surface area contributed by atoms with Gasteiger partial charge in [0.2, 0.25) is 0 Å². The minimum absolute atomic E-state index is 4.64. The Morgan fingerprint density at radius 3 is 0.120 bits per heavy atom. The topological polar surface area (TPSA) is 778 Å². The Hall–Kier alpha value is 1.10. The van der Waals surface area contributed by atoms with Gasteiger partial charge in [0.1, 0.15) is 0 Å². The maximum atomic E-state index is 8.88. The van der Waals surface area contributed by atoms with E-state index in [9.17, 15) is 0 Å². The smallest absolute Gasteiger partial charge is 0.303 e. The Morgan fingerprint density at radius 1 is 0.120 bits per heavy atom. The van der Waals surface area contributed by atoms with Crippen molar-refractivity contribution < 1.29 is 192 Å². The van der Waals surface area contributed by atoms with Crippen molar-refractivity contribution in [2.75, 3.05) is 0 Å². The van der Waals surface area contributed by atoms with Crippen LogP contribution in [0.4, 0.5) is 0 Å². The molecule has 0 atom stereocenters. The van der Waals surface area contributed by atoms with E-state index in [0.29, 0.717) is 0 Å². The highest BCUT2D eigenvalue weighted by molar-refractivity contribution is 7.47. The monoisotopic (exact) mass is 980 g/mol. The number of hydrogen-bond donors (Lipinski definition) is 30. The normalized spacial score (nSPS) is 11.8. The fourth-order valence-electron chi connectivity index (χ4n) is 0. The molecule has 0 amide bonds. The van der Waals surface area contributed by atoms with Crippen molar-refractivity contribution in [3.05, 3.63) is 0 Å². The van der Waals surface area contributed by atoms with Crippen molar-refractivity contribution in [2.24, 2.45) is 0 Å². The lowest BCUT2D eigenvalue weighted by atomic mass is 15.8. The van der Waals surface area contributed by atoms with Gasteiger partial charge in [-0.2, -0.15) is 0 Å². The molecule has 0 aliphatic carbocycles. The van der Waals surface area contributed by atoms with Crippen LogP contribution in [0.25, 0.3) is 0 Å². The average molecular weight is 980 g/mol. The summed E-state index contributed by atoms with van der Waals surface area (Å²) in [5.74, 6) is 0. The summed E-state index contributed by atoms with van der Waals surface area (Å²) < 4.78 is 88.8. The van der Waals surface area contributed by atoms with Gasteiger partial charge in [-0.05, 0) is 0 Å². The molecule has 50 heteroatoms. The molecule has 0 saturated carbocycles. The molecule has 0 radical (unpaired) electrons. The summed E-state index contributed by atoms with van der Waals surface area (Å²) in [6, 6.07) is 0. The van der Waals surface area contributed by atoms with Gasteiger partial charge in [0, 0.05) is 0 Å². The molecule has 0 aromatic carbocycles. The van der Waals surface area contributed by atoms with Gasteiger partial charge in [-0.1, -0.05) is 0 Å². The third-order valence-corrected chi connectivity index (χ3v) is 0. The summed E-state index contributed by atoms with van der Waals surface area (Å²) in [6.07, 6.45) is 0. The molecule has 50 heavy (non-hydrogen) atoms. The maximum Gasteiger partial charge on any atom is 0.466 e. The first kappa shape index (κ1) is 75.9. The largest absolute Gasteiger partial charge is 0.466 e. The fraction of sp³-hybridized carbons (Fsp3) is 0. The molecule has 0 spiro atoms. The van der Waals surface area contributed by atoms with Crippen molar-refractivity contribution in [3.8, 4) is 0 Å². The van der Waals surface area contributed by atoms with Gasteiger partial charge in [0.15, 0.2) is 0 Å². The average Bonchev–Trinajstić information content (AvgIpc) is 2.34. The molecule has 0 aliphatic rings. The lowest BCUT2D eigenvalue weighted by Gasteiger charge is -1.82. The van der Waals surface area contributed by atoms with Crippen molar-refractivity contribution in [1.29, 1.82) is 0 Å². The van der Waals surface area contributed by atoms with E-state index in [-0.39, 0.29) is 0 Å². The van der Waals surface area contributed by atoms with Crippen LogP contribution in [0.3, 0.4) is 0 Å². The van der Waals surface area contributed by atoms with E-state index in [1.165, 1.54) is 0 Å². The first-order valence-corrected chi connectivity index (χ1v) is 23.5. The van der Waals surface area contributed by atoms with Gasteiger partial charge >= 0.3 is 78.2 Å². The molecule has 0 heterocycles. The van der Waals surface area contributed by atoms with Crippen molar-refractivity contribution >= 4 is 78.2 Å². The lowest BCUT2D eigenvalue weighted by molar-refractivity contribution is 0.272. The van der Waals surface area contributed by atoms with Crippen LogP contribution in [0.1, 0.15) is 0 Å². The van der Waals surface area contributed by atoms with Gasteiger partial charge in [0.25, 0.3) is 0 Å². The zero-order chi connectivity index (χ0) is 45.0. The predicted octanol–water partition coefficient (Wildman–Crippen LogP) is -9.29. The van der Waals surface area contributed by atoms with E-state index < -0.39 is 78.2 Å². The Kier molecular flexibility index (Phi) is 49.1. The van der Waals surface area contributed by atoms with Gasteiger partial charge in [0.05, 0.1) is 0 Å². The van der Waals surface area contributed by atoms with Gasteiger partial charge in [-0.25, -0.2) is 45.7 Å². The van der Waals surface area contributed by atoms with Gasteiger partial charge in [-0.3, -0.25) is 0 Å². The third-order valence-electron chi connectivity index (χ3n) is 0. The van der Waals surface area contributed by atoms with E-state index in [4.69, 9.17) is 192 Å². The van der Waals surface area contributed by atoms with Crippen LogP contribution in [-0.2, 0) is 45.7 Å². The molecule has 0 rings (SSSR count). The molecule has 0 fully saturated rings. The van der Waals surface area contributed by atoms with Gasteiger partial charge in [-0.15, -0.1) is 0 Å².